The Morgan fingerprint density at radius 2 is 1.90 bits per heavy atom. The van der Waals surface area contributed by atoms with Crippen LogP contribution in [0.5, 0.6) is 0 Å². The van der Waals surface area contributed by atoms with Gasteiger partial charge in [-0.05, 0) is 23.8 Å². The summed E-state index contributed by atoms with van der Waals surface area (Å²) in [5.74, 6) is 0.632. The van der Waals surface area contributed by atoms with E-state index in [1.807, 2.05) is 12.3 Å². The number of hydrogen-bond acceptors (Lipinski definition) is 4. The molecule has 1 aromatic heterocycles. The molecule has 3 rings (SSSR count). The van der Waals surface area contributed by atoms with E-state index in [0.29, 0.717) is 6.54 Å². The maximum absolute atomic E-state index is 12.9. The molecule has 110 valence electrons. The monoisotopic (exact) mass is 286 g/mol. The number of benzene rings is 1. The highest BCUT2D eigenvalue weighted by Gasteiger charge is 2.10. The molecule has 1 saturated heterocycles. The molecular formula is C16H19FN4. The summed E-state index contributed by atoms with van der Waals surface area (Å²) < 4.78 is 12.9. The summed E-state index contributed by atoms with van der Waals surface area (Å²) in [4.78, 5) is 6.69. The number of nitrogens with zero attached hydrogens (tertiary/aromatic N) is 2. The molecule has 4 nitrogen and oxygen atoms in total. The predicted octanol–water partition coefficient (Wildman–Crippen LogP) is 2.24. The van der Waals surface area contributed by atoms with Gasteiger partial charge < -0.3 is 15.5 Å². The first-order valence-electron chi connectivity index (χ1n) is 7.21. The summed E-state index contributed by atoms with van der Waals surface area (Å²) in [7, 11) is 0. The molecule has 2 aromatic rings. The van der Waals surface area contributed by atoms with E-state index in [1.165, 1.54) is 17.8 Å². The van der Waals surface area contributed by atoms with E-state index >= 15 is 0 Å². The third-order valence-electron chi connectivity index (χ3n) is 3.61. The van der Waals surface area contributed by atoms with E-state index in [2.05, 4.69) is 26.6 Å². The molecule has 21 heavy (non-hydrogen) atoms. The van der Waals surface area contributed by atoms with Crippen molar-refractivity contribution in [1.82, 2.24) is 10.3 Å². The van der Waals surface area contributed by atoms with Crippen LogP contribution in [0.15, 0.2) is 42.6 Å². The standard InChI is InChI=1S/C16H19FN4/c17-14-3-1-13(2-4-14)12-20-16-11-15(5-6-19-16)21-9-7-18-8-10-21/h1-6,11,18H,7-10,12H2,(H,19,20). The van der Waals surface area contributed by atoms with Gasteiger partial charge in [-0.15, -0.1) is 0 Å². The number of aromatic nitrogens is 1. The summed E-state index contributed by atoms with van der Waals surface area (Å²) in [6.07, 6.45) is 1.82. The Kier molecular flexibility index (Phi) is 4.31. The van der Waals surface area contributed by atoms with Crippen LogP contribution < -0.4 is 15.5 Å². The minimum Gasteiger partial charge on any atom is -0.369 e. The van der Waals surface area contributed by atoms with Crippen molar-refractivity contribution in [2.75, 3.05) is 36.4 Å². The molecule has 0 aliphatic carbocycles. The molecule has 0 spiro atoms. The van der Waals surface area contributed by atoms with E-state index in [4.69, 9.17) is 0 Å². The molecule has 1 fully saturated rings. The van der Waals surface area contributed by atoms with Crippen LogP contribution in [0.1, 0.15) is 5.56 Å². The lowest BCUT2D eigenvalue weighted by Gasteiger charge is -2.29. The summed E-state index contributed by atoms with van der Waals surface area (Å²) in [6, 6.07) is 10.6. The number of piperazine rings is 1. The lowest BCUT2D eigenvalue weighted by Crippen LogP contribution is -2.43. The minimum atomic E-state index is -0.211. The van der Waals surface area contributed by atoms with Crippen molar-refractivity contribution in [2.24, 2.45) is 0 Å². The quantitative estimate of drug-likeness (QED) is 0.904. The van der Waals surface area contributed by atoms with E-state index in [1.54, 1.807) is 12.1 Å². The van der Waals surface area contributed by atoms with Crippen LogP contribution in [0.4, 0.5) is 15.9 Å². The van der Waals surface area contributed by atoms with Crippen molar-refractivity contribution in [2.45, 2.75) is 6.54 Å². The van der Waals surface area contributed by atoms with Gasteiger partial charge in [-0.3, -0.25) is 0 Å². The molecule has 0 unspecified atom stereocenters. The molecule has 2 N–H and O–H groups in total. The van der Waals surface area contributed by atoms with Gasteiger partial charge in [0.05, 0.1) is 0 Å². The number of anilines is 2. The van der Waals surface area contributed by atoms with E-state index in [-0.39, 0.29) is 5.82 Å². The van der Waals surface area contributed by atoms with Gasteiger partial charge >= 0.3 is 0 Å². The fourth-order valence-corrected chi connectivity index (χ4v) is 2.43. The van der Waals surface area contributed by atoms with Gasteiger partial charge in [-0.1, -0.05) is 12.1 Å². The number of hydrogen-bond donors (Lipinski definition) is 2. The van der Waals surface area contributed by atoms with Crippen molar-refractivity contribution >= 4 is 11.5 Å². The fourth-order valence-electron chi connectivity index (χ4n) is 2.43. The maximum Gasteiger partial charge on any atom is 0.128 e. The lowest BCUT2D eigenvalue weighted by atomic mass is 10.2. The average molecular weight is 286 g/mol. The van der Waals surface area contributed by atoms with Gasteiger partial charge in [0.2, 0.25) is 0 Å². The average Bonchev–Trinajstić information content (AvgIpc) is 2.55. The third-order valence-corrected chi connectivity index (χ3v) is 3.61. The van der Waals surface area contributed by atoms with E-state index in [9.17, 15) is 4.39 Å². The Labute approximate surface area is 124 Å². The van der Waals surface area contributed by atoms with Crippen LogP contribution in [-0.2, 0) is 6.54 Å². The highest BCUT2D eigenvalue weighted by atomic mass is 19.1. The Bertz CT molecular complexity index is 579. The normalized spacial score (nSPS) is 15.0. The second-order valence-corrected chi connectivity index (χ2v) is 5.12. The van der Waals surface area contributed by atoms with Gasteiger partial charge in [-0.25, -0.2) is 9.37 Å². The van der Waals surface area contributed by atoms with Gasteiger partial charge in [0.15, 0.2) is 0 Å². The van der Waals surface area contributed by atoms with Crippen LogP contribution in [-0.4, -0.2) is 31.2 Å². The highest BCUT2D eigenvalue weighted by molar-refractivity contribution is 5.54. The number of pyridine rings is 1. The van der Waals surface area contributed by atoms with Gasteiger partial charge in [-0.2, -0.15) is 0 Å². The van der Waals surface area contributed by atoms with Crippen molar-refractivity contribution < 1.29 is 4.39 Å². The molecule has 2 heterocycles. The van der Waals surface area contributed by atoms with Crippen molar-refractivity contribution in [3.63, 3.8) is 0 Å². The third kappa shape index (κ3) is 3.70. The first-order valence-corrected chi connectivity index (χ1v) is 7.21. The largest absolute Gasteiger partial charge is 0.369 e. The highest BCUT2D eigenvalue weighted by Crippen LogP contribution is 2.18. The summed E-state index contributed by atoms with van der Waals surface area (Å²) in [5.41, 5.74) is 2.22. The number of rotatable bonds is 4. The number of halogens is 1. The topological polar surface area (TPSA) is 40.2 Å². The molecule has 0 saturated carbocycles. The minimum absolute atomic E-state index is 0.211. The SMILES string of the molecule is Fc1ccc(CNc2cc(N3CCNCC3)ccn2)cc1. The summed E-state index contributed by atoms with van der Waals surface area (Å²) >= 11 is 0. The van der Waals surface area contributed by atoms with E-state index < -0.39 is 0 Å². The van der Waals surface area contributed by atoms with Crippen LogP contribution in [0.2, 0.25) is 0 Å². The maximum atomic E-state index is 12.9. The van der Waals surface area contributed by atoms with Gasteiger partial charge in [0.25, 0.3) is 0 Å². The van der Waals surface area contributed by atoms with Crippen molar-refractivity contribution in [3.8, 4) is 0 Å². The Balaban J connectivity index is 1.64. The first kappa shape index (κ1) is 13.8. The fraction of sp³-hybridized carbons (Fsp3) is 0.312. The first-order chi connectivity index (χ1) is 10.3. The van der Waals surface area contributed by atoms with Gasteiger partial charge in [0, 0.05) is 50.7 Å². The van der Waals surface area contributed by atoms with Crippen LogP contribution in [0, 0.1) is 5.82 Å². The van der Waals surface area contributed by atoms with Gasteiger partial charge in [0.1, 0.15) is 11.6 Å². The number of nitrogens with one attached hydrogen (secondary N) is 2. The molecule has 5 heteroatoms. The molecular weight excluding hydrogens is 267 g/mol. The molecule has 1 aromatic carbocycles. The van der Waals surface area contributed by atoms with E-state index in [0.717, 1.165) is 37.6 Å². The molecule has 1 aliphatic rings. The molecule has 0 atom stereocenters. The van der Waals surface area contributed by atoms with Crippen molar-refractivity contribution in [3.05, 3.63) is 54.0 Å². The summed E-state index contributed by atoms with van der Waals surface area (Å²) in [5, 5.41) is 6.63. The molecule has 1 aliphatic heterocycles. The zero-order valence-electron chi connectivity index (χ0n) is 11.8. The van der Waals surface area contributed by atoms with Crippen LogP contribution in [0.3, 0.4) is 0 Å². The Hall–Kier alpha value is -2.14. The van der Waals surface area contributed by atoms with Crippen molar-refractivity contribution in [1.29, 1.82) is 0 Å². The smallest absolute Gasteiger partial charge is 0.128 e. The molecule has 0 bridgehead atoms. The predicted molar refractivity (Wildman–Crippen MR) is 83.0 cm³/mol. The lowest BCUT2D eigenvalue weighted by molar-refractivity contribution is 0.589. The second-order valence-electron chi connectivity index (χ2n) is 5.12. The molecule has 0 radical (unpaired) electrons. The molecule has 0 amide bonds. The Morgan fingerprint density at radius 1 is 1.14 bits per heavy atom. The van der Waals surface area contributed by atoms with Crippen LogP contribution in [0.25, 0.3) is 0 Å². The second kappa shape index (κ2) is 6.54. The Morgan fingerprint density at radius 3 is 2.67 bits per heavy atom. The van der Waals surface area contributed by atoms with Crippen LogP contribution >= 0.6 is 0 Å². The zero-order chi connectivity index (χ0) is 14.5. The summed E-state index contributed by atoms with van der Waals surface area (Å²) in [6.45, 7) is 4.70. The zero-order valence-corrected chi connectivity index (χ0v) is 11.8.